The summed E-state index contributed by atoms with van der Waals surface area (Å²) in [6.07, 6.45) is 6.28. The van der Waals surface area contributed by atoms with Crippen molar-refractivity contribution in [1.29, 1.82) is 0 Å². The molecule has 0 aliphatic rings. The third-order valence-electron chi connectivity index (χ3n) is 2.53. The molecule has 2 rings (SSSR count). The summed E-state index contributed by atoms with van der Waals surface area (Å²) in [6.45, 7) is 2.09. The van der Waals surface area contributed by atoms with Gasteiger partial charge in [0.15, 0.2) is 0 Å². The number of alkyl halides is 1. The number of halogens is 1. The van der Waals surface area contributed by atoms with Crippen LogP contribution in [0.25, 0.3) is 5.69 Å². The summed E-state index contributed by atoms with van der Waals surface area (Å²) < 4.78 is 1.93. The van der Waals surface area contributed by atoms with Gasteiger partial charge in [-0.1, -0.05) is 33.6 Å². The van der Waals surface area contributed by atoms with Crippen LogP contribution in [0.5, 0.6) is 0 Å². The highest BCUT2D eigenvalue weighted by molar-refractivity contribution is 9.09. The smallest absolute Gasteiger partial charge is 0.0645 e. The molecule has 0 aliphatic carbocycles. The lowest BCUT2D eigenvalue weighted by Crippen LogP contribution is -1.93. The first kappa shape index (κ1) is 11.4. The Bertz CT molecular complexity index is 445. The number of hydrogen-bond donors (Lipinski definition) is 0. The van der Waals surface area contributed by atoms with Crippen LogP contribution in [0.1, 0.15) is 17.5 Å². The second-order valence-electron chi connectivity index (χ2n) is 3.92. The number of hydrogen-bond acceptors (Lipinski definition) is 1. The maximum atomic E-state index is 4.37. The Morgan fingerprint density at radius 1 is 1.25 bits per heavy atom. The SMILES string of the molecule is Cc1ccc(-n2cc(CCCBr)cn2)cc1. The van der Waals surface area contributed by atoms with Crippen molar-refractivity contribution in [3.63, 3.8) is 0 Å². The summed E-state index contributed by atoms with van der Waals surface area (Å²) in [6, 6.07) is 8.40. The minimum absolute atomic E-state index is 1.04. The van der Waals surface area contributed by atoms with Crippen molar-refractivity contribution in [3.05, 3.63) is 47.8 Å². The van der Waals surface area contributed by atoms with Crippen molar-refractivity contribution < 1.29 is 0 Å². The number of aryl methyl sites for hydroxylation is 2. The van der Waals surface area contributed by atoms with Crippen LogP contribution in [0.2, 0.25) is 0 Å². The van der Waals surface area contributed by atoms with Crippen LogP contribution in [0, 0.1) is 6.92 Å². The molecule has 1 heterocycles. The molecule has 0 unspecified atom stereocenters. The van der Waals surface area contributed by atoms with Crippen LogP contribution < -0.4 is 0 Å². The Morgan fingerprint density at radius 2 is 2.00 bits per heavy atom. The van der Waals surface area contributed by atoms with E-state index < -0.39 is 0 Å². The molecule has 0 amide bonds. The average Bonchev–Trinajstić information content (AvgIpc) is 2.76. The van der Waals surface area contributed by atoms with Gasteiger partial charge >= 0.3 is 0 Å². The molecule has 0 radical (unpaired) electrons. The van der Waals surface area contributed by atoms with Gasteiger partial charge in [-0.3, -0.25) is 0 Å². The number of nitrogens with zero attached hydrogens (tertiary/aromatic N) is 2. The summed E-state index contributed by atoms with van der Waals surface area (Å²) in [5.74, 6) is 0. The third kappa shape index (κ3) is 2.73. The number of rotatable bonds is 4. The van der Waals surface area contributed by atoms with E-state index in [-0.39, 0.29) is 0 Å². The van der Waals surface area contributed by atoms with Crippen LogP contribution >= 0.6 is 15.9 Å². The van der Waals surface area contributed by atoms with Crippen LogP contribution in [0.4, 0.5) is 0 Å². The summed E-state index contributed by atoms with van der Waals surface area (Å²) in [5.41, 5.74) is 3.69. The molecule has 3 heteroatoms. The van der Waals surface area contributed by atoms with Crippen molar-refractivity contribution in [2.24, 2.45) is 0 Å². The largest absolute Gasteiger partial charge is 0.241 e. The normalized spacial score (nSPS) is 10.6. The Labute approximate surface area is 104 Å². The van der Waals surface area contributed by atoms with E-state index in [1.807, 2.05) is 10.9 Å². The molecule has 0 atom stereocenters. The Hall–Kier alpha value is -1.09. The summed E-state index contributed by atoms with van der Waals surface area (Å²) >= 11 is 3.44. The van der Waals surface area contributed by atoms with E-state index in [9.17, 15) is 0 Å². The lowest BCUT2D eigenvalue weighted by atomic mass is 10.2. The minimum Gasteiger partial charge on any atom is -0.241 e. The molecule has 0 spiro atoms. The fourth-order valence-electron chi connectivity index (χ4n) is 1.60. The molecule has 2 nitrogen and oxygen atoms in total. The molecule has 2 aromatic rings. The van der Waals surface area contributed by atoms with Crippen LogP contribution in [0.3, 0.4) is 0 Å². The van der Waals surface area contributed by atoms with Crippen molar-refractivity contribution in [1.82, 2.24) is 9.78 Å². The molecule has 0 saturated heterocycles. The van der Waals surface area contributed by atoms with Crippen LogP contribution in [0.15, 0.2) is 36.7 Å². The zero-order valence-corrected chi connectivity index (χ0v) is 10.9. The zero-order valence-electron chi connectivity index (χ0n) is 9.36. The lowest BCUT2D eigenvalue weighted by Gasteiger charge is -2.00. The van der Waals surface area contributed by atoms with Crippen LogP contribution in [-0.4, -0.2) is 15.1 Å². The molecule has 1 aromatic heterocycles. The van der Waals surface area contributed by atoms with Crippen molar-refractivity contribution in [2.45, 2.75) is 19.8 Å². The first-order valence-corrected chi connectivity index (χ1v) is 6.58. The Kier molecular flexibility index (Phi) is 3.78. The molecule has 0 fully saturated rings. The van der Waals surface area contributed by atoms with E-state index in [0.717, 1.165) is 23.9 Å². The molecule has 84 valence electrons. The topological polar surface area (TPSA) is 17.8 Å². The second kappa shape index (κ2) is 5.30. The Morgan fingerprint density at radius 3 is 2.69 bits per heavy atom. The van der Waals surface area contributed by atoms with E-state index in [0.29, 0.717) is 0 Å². The molecule has 0 aliphatic heterocycles. The van der Waals surface area contributed by atoms with Gasteiger partial charge < -0.3 is 0 Å². The first-order valence-electron chi connectivity index (χ1n) is 5.46. The lowest BCUT2D eigenvalue weighted by molar-refractivity contribution is 0.877. The fraction of sp³-hybridized carbons (Fsp3) is 0.308. The van der Waals surface area contributed by atoms with E-state index >= 15 is 0 Å². The van der Waals surface area contributed by atoms with Gasteiger partial charge in [0.05, 0.1) is 11.9 Å². The van der Waals surface area contributed by atoms with E-state index in [1.165, 1.54) is 11.1 Å². The van der Waals surface area contributed by atoms with Gasteiger partial charge in [-0.25, -0.2) is 4.68 Å². The maximum absolute atomic E-state index is 4.37. The van der Waals surface area contributed by atoms with Crippen LogP contribution in [-0.2, 0) is 6.42 Å². The quantitative estimate of drug-likeness (QED) is 0.783. The molecule has 0 N–H and O–H groups in total. The minimum atomic E-state index is 1.04. The predicted octanol–water partition coefficient (Wildman–Crippen LogP) is 3.51. The predicted molar refractivity (Wildman–Crippen MR) is 70.4 cm³/mol. The van der Waals surface area contributed by atoms with Gasteiger partial charge in [-0.05, 0) is 37.5 Å². The van der Waals surface area contributed by atoms with E-state index in [4.69, 9.17) is 0 Å². The van der Waals surface area contributed by atoms with Gasteiger partial charge in [0.1, 0.15) is 0 Å². The monoisotopic (exact) mass is 278 g/mol. The van der Waals surface area contributed by atoms with Crippen molar-refractivity contribution in [2.75, 3.05) is 5.33 Å². The van der Waals surface area contributed by atoms with Gasteiger partial charge in [-0.2, -0.15) is 5.10 Å². The van der Waals surface area contributed by atoms with Gasteiger partial charge in [0.2, 0.25) is 0 Å². The maximum Gasteiger partial charge on any atom is 0.0645 e. The summed E-state index contributed by atoms with van der Waals surface area (Å²) in [5, 5.41) is 5.41. The zero-order chi connectivity index (χ0) is 11.4. The molecule has 0 bridgehead atoms. The summed E-state index contributed by atoms with van der Waals surface area (Å²) in [4.78, 5) is 0. The highest BCUT2D eigenvalue weighted by atomic mass is 79.9. The molecular weight excluding hydrogens is 264 g/mol. The van der Waals surface area contributed by atoms with Crippen molar-refractivity contribution >= 4 is 15.9 Å². The van der Waals surface area contributed by atoms with Gasteiger partial charge in [0.25, 0.3) is 0 Å². The second-order valence-corrected chi connectivity index (χ2v) is 4.71. The molecular formula is C13H15BrN2. The first-order chi connectivity index (χ1) is 7.79. The third-order valence-corrected chi connectivity index (χ3v) is 3.09. The molecule has 0 saturated carbocycles. The Balaban J connectivity index is 2.15. The standard InChI is InChI=1S/C13H15BrN2/c1-11-4-6-13(7-5-11)16-10-12(9-15-16)3-2-8-14/h4-7,9-10H,2-3,8H2,1H3. The highest BCUT2D eigenvalue weighted by Crippen LogP contribution is 2.11. The summed E-state index contributed by atoms with van der Waals surface area (Å²) in [7, 11) is 0. The number of benzene rings is 1. The average molecular weight is 279 g/mol. The van der Waals surface area contributed by atoms with E-state index in [2.05, 4.69) is 58.4 Å². The van der Waals surface area contributed by atoms with Gasteiger partial charge in [-0.15, -0.1) is 0 Å². The van der Waals surface area contributed by atoms with Crippen molar-refractivity contribution in [3.8, 4) is 5.69 Å². The number of aromatic nitrogens is 2. The van der Waals surface area contributed by atoms with E-state index in [1.54, 1.807) is 0 Å². The fourth-order valence-corrected chi connectivity index (χ4v) is 1.88. The molecule has 1 aromatic carbocycles. The molecule has 16 heavy (non-hydrogen) atoms. The highest BCUT2D eigenvalue weighted by Gasteiger charge is 2.00. The van der Waals surface area contributed by atoms with Gasteiger partial charge in [0, 0.05) is 11.5 Å².